The Hall–Kier alpha value is -3.66. The third-order valence-corrected chi connectivity index (χ3v) is 8.48. The number of hydrogen-bond acceptors (Lipinski definition) is 8. The molecular weight excluding hydrogens is 678 g/mol. The first-order valence-corrected chi connectivity index (χ1v) is 18.9. The van der Waals surface area contributed by atoms with Crippen LogP contribution in [0.15, 0.2) is 9.98 Å². The molecule has 0 aromatic rings. The van der Waals surface area contributed by atoms with E-state index in [1.807, 2.05) is 0 Å². The number of carbonyl (C=O) groups is 5. The van der Waals surface area contributed by atoms with Crippen LogP contribution in [0.5, 0.6) is 0 Å². The lowest BCUT2D eigenvalue weighted by Gasteiger charge is -2.28. The van der Waals surface area contributed by atoms with E-state index in [9.17, 15) is 24.0 Å². The van der Waals surface area contributed by atoms with E-state index >= 15 is 0 Å². The van der Waals surface area contributed by atoms with Gasteiger partial charge in [-0.2, -0.15) is 0 Å². The van der Waals surface area contributed by atoms with Gasteiger partial charge in [-0.05, 0) is 63.8 Å². The fourth-order valence-electron chi connectivity index (χ4n) is 5.28. The molecule has 0 heterocycles. The van der Waals surface area contributed by atoms with Crippen LogP contribution in [0.25, 0.3) is 0 Å². The van der Waals surface area contributed by atoms with Crippen molar-refractivity contribution < 1.29 is 24.0 Å². The zero-order chi connectivity index (χ0) is 38.6. The summed E-state index contributed by atoms with van der Waals surface area (Å²) in [7, 11) is 0. The number of nitrogens with two attached hydrogens (primary N) is 5. The lowest BCUT2D eigenvalue weighted by atomic mass is 10.00. The molecule has 14 N–H and O–H groups in total. The third kappa shape index (κ3) is 23.4. The second kappa shape index (κ2) is 29.0. The molecule has 0 spiro atoms. The Labute approximate surface area is 309 Å². The lowest BCUT2D eigenvalue weighted by Crippen LogP contribution is -2.59. The van der Waals surface area contributed by atoms with Gasteiger partial charge in [0.2, 0.25) is 23.6 Å². The molecule has 4 amide bonds. The topological polar surface area (TPSA) is 288 Å². The van der Waals surface area contributed by atoms with Crippen LogP contribution in [0.2, 0.25) is 0 Å². The molecule has 0 aromatic heterocycles. The molecule has 294 valence electrons. The zero-order valence-electron chi connectivity index (χ0n) is 31.0. The molecule has 0 fully saturated rings. The van der Waals surface area contributed by atoms with E-state index in [0.29, 0.717) is 38.6 Å². The second-order valence-electron chi connectivity index (χ2n) is 13.1. The van der Waals surface area contributed by atoms with Crippen LogP contribution in [0.1, 0.15) is 117 Å². The fraction of sp³-hybridized carbons (Fsp3) is 0.794. The average Bonchev–Trinajstić information content (AvgIpc) is 3.07. The molecule has 0 rings (SSSR count). The number of hydrogen-bond donors (Lipinski definition) is 9. The maximum atomic E-state index is 13.7. The zero-order valence-corrected chi connectivity index (χ0v) is 31.8. The highest BCUT2D eigenvalue weighted by Gasteiger charge is 2.32. The van der Waals surface area contributed by atoms with Gasteiger partial charge in [-0.15, -0.1) is 11.6 Å². The van der Waals surface area contributed by atoms with Crippen molar-refractivity contribution in [3.05, 3.63) is 0 Å². The minimum Gasteiger partial charge on any atom is -0.370 e. The molecule has 0 aromatic carbocycles. The molecule has 17 heteroatoms. The average molecular weight is 744 g/mol. The molecule has 0 aliphatic heterocycles. The van der Waals surface area contributed by atoms with Crippen molar-refractivity contribution in [3.63, 3.8) is 0 Å². The number of rotatable bonds is 30. The van der Waals surface area contributed by atoms with E-state index in [1.54, 1.807) is 13.8 Å². The second-order valence-corrected chi connectivity index (χ2v) is 13.4. The molecule has 1 unspecified atom stereocenters. The Morgan fingerprint density at radius 2 is 1.10 bits per heavy atom. The van der Waals surface area contributed by atoms with Crippen LogP contribution >= 0.6 is 11.6 Å². The van der Waals surface area contributed by atoms with Crippen molar-refractivity contribution in [2.75, 3.05) is 25.5 Å². The number of carbonyl (C=O) groups excluding carboxylic acids is 5. The van der Waals surface area contributed by atoms with Crippen LogP contribution < -0.4 is 49.9 Å². The van der Waals surface area contributed by atoms with E-state index in [4.69, 9.17) is 40.3 Å². The number of amides is 4. The maximum Gasteiger partial charge on any atom is 0.243 e. The number of alkyl halides is 1. The van der Waals surface area contributed by atoms with Gasteiger partial charge in [-0.3, -0.25) is 34.0 Å². The highest BCUT2D eigenvalue weighted by Crippen LogP contribution is 2.11. The number of ketones is 1. The Bertz CT molecular complexity index is 1100. The summed E-state index contributed by atoms with van der Waals surface area (Å²) in [6.07, 6.45) is 10.3. The Kier molecular flexibility index (Phi) is 26.9. The number of unbranched alkanes of at least 4 members (excludes halogenated alkanes) is 7. The number of nitrogens with zero attached hydrogens (tertiary/aromatic N) is 2. The van der Waals surface area contributed by atoms with Gasteiger partial charge >= 0.3 is 0 Å². The summed E-state index contributed by atoms with van der Waals surface area (Å²) in [4.78, 5) is 74.0. The molecule has 0 radical (unpaired) electrons. The van der Waals surface area contributed by atoms with E-state index in [1.165, 1.54) is 19.3 Å². The van der Waals surface area contributed by atoms with E-state index in [2.05, 4.69) is 38.2 Å². The van der Waals surface area contributed by atoms with Crippen molar-refractivity contribution in [1.82, 2.24) is 21.3 Å². The third-order valence-electron chi connectivity index (χ3n) is 8.21. The van der Waals surface area contributed by atoms with Crippen LogP contribution in [0.4, 0.5) is 0 Å². The summed E-state index contributed by atoms with van der Waals surface area (Å²) < 4.78 is 0. The summed E-state index contributed by atoms with van der Waals surface area (Å²) in [5.74, 6) is -3.22. The van der Waals surface area contributed by atoms with Gasteiger partial charge in [-0.1, -0.05) is 59.3 Å². The summed E-state index contributed by atoms with van der Waals surface area (Å²) >= 11 is 5.81. The van der Waals surface area contributed by atoms with E-state index in [0.717, 1.165) is 19.3 Å². The first-order chi connectivity index (χ1) is 24.3. The van der Waals surface area contributed by atoms with Crippen molar-refractivity contribution in [3.8, 4) is 0 Å². The molecule has 0 bridgehead atoms. The van der Waals surface area contributed by atoms with Gasteiger partial charge in [0.1, 0.15) is 18.1 Å². The Balaban J connectivity index is 5.77. The Morgan fingerprint density at radius 3 is 1.63 bits per heavy atom. The number of halogens is 1. The molecule has 0 saturated heterocycles. The predicted octanol–water partition coefficient (Wildman–Crippen LogP) is 0.766. The predicted molar refractivity (Wildman–Crippen MR) is 204 cm³/mol. The minimum atomic E-state index is -1.04. The van der Waals surface area contributed by atoms with Crippen LogP contribution in [-0.2, 0) is 24.0 Å². The fourth-order valence-corrected chi connectivity index (χ4v) is 5.46. The largest absolute Gasteiger partial charge is 0.370 e. The molecule has 16 nitrogen and oxygen atoms in total. The summed E-state index contributed by atoms with van der Waals surface area (Å²) in [6, 6.07) is -3.91. The highest BCUT2D eigenvalue weighted by atomic mass is 35.5. The van der Waals surface area contributed by atoms with Gasteiger partial charge in [0.05, 0.1) is 11.9 Å². The minimum absolute atomic E-state index is 0.0788. The van der Waals surface area contributed by atoms with E-state index in [-0.39, 0.29) is 68.4 Å². The van der Waals surface area contributed by atoms with Gasteiger partial charge in [0, 0.05) is 19.5 Å². The first kappa shape index (κ1) is 47.3. The standard InChI is InChI=1S/C34H66ClN11O5/c1-4-5-6-7-8-9-10-18-28(48)43-25(17-14-21-42-34(39)40)31(50)46-29(23(2)3)32(51)45-26(15-11-12-19-36)30(49)44-24(27(47)22-35)16-13-20-41-33(37)38/h23-26,29H,4-22,36H2,1-3H3,(H,43,48)(H,44,49)(H,45,51)(H,46,50)(H4,37,38,41)(H4,39,40,42)/t24?,25-,26-,29-/m0/s1. The molecular formula is C34H66ClN11O5. The quantitative estimate of drug-likeness (QED) is 0.0215. The van der Waals surface area contributed by atoms with E-state index < -0.39 is 47.7 Å². The number of nitrogens with one attached hydrogen (secondary N) is 4. The van der Waals surface area contributed by atoms with Gasteiger partial charge in [0.25, 0.3) is 0 Å². The molecule has 4 atom stereocenters. The first-order valence-electron chi connectivity index (χ1n) is 18.4. The normalized spacial score (nSPS) is 13.3. The molecule has 0 aliphatic rings. The monoisotopic (exact) mass is 743 g/mol. The van der Waals surface area contributed by atoms with Crippen LogP contribution in [0.3, 0.4) is 0 Å². The van der Waals surface area contributed by atoms with Gasteiger partial charge < -0.3 is 49.9 Å². The van der Waals surface area contributed by atoms with Gasteiger partial charge in [-0.25, -0.2) is 0 Å². The van der Waals surface area contributed by atoms with Crippen LogP contribution in [0, 0.1) is 5.92 Å². The van der Waals surface area contributed by atoms with Crippen molar-refractivity contribution >= 4 is 52.9 Å². The summed E-state index contributed by atoms with van der Waals surface area (Å²) in [5.41, 5.74) is 27.3. The van der Waals surface area contributed by atoms with Crippen molar-refractivity contribution in [2.45, 2.75) is 141 Å². The summed E-state index contributed by atoms with van der Waals surface area (Å²) in [5, 5.41) is 11.1. The van der Waals surface area contributed by atoms with Crippen molar-refractivity contribution in [2.24, 2.45) is 44.6 Å². The molecule has 0 saturated carbocycles. The Morgan fingerprint density at radius 1 is 0.608 bits per heavy atom. The maximum absolute atomic E-state index is 13.7. The number of aliphatic imine (C=N–C) groups is 2. The van der Waals surface area contributed by atoms with Crippen molar-refractivity contribution in [1.29, 1.82) is 0 Å². The SMILES string of the molecule is CCCCCCCCCC(=O)N[C@@H](CCCN=C(N)N)C(=O)N[C@H](C(=O)N[C@@H](CCCCN)C(=O)NC(CCCN=C(N)N)C(=O)CCl)C(C)C. The molecule has 51 heavy (non-hydrogen) atoms. The van der Waals surface area contributed by atoms with Crippen LogP contribution in [-0.4, -0.2) is 91.0 Å². The summed E-state index contributed by atoms with van der Waals surface area (Å²) in [6.45, 7) is 6.58. The highest BCUT2D eigenvalue weighted by molar-refractivity contribution is 6.28. The number of guanidine groups is 2. The number of Topliss-reactive ketones (excluding diaryl/α,β-unsaturated/α-hetero) is 1. The smallest absolute Gasteiger partial charge is 0.243 e. The lowest BCUT2D eigenvalue weighted by molar-refractivity contribution is -0.135. The molecule has 0 aliphatic carbocycles. The van der Waals surface area contributed by atoms with Gasteiger partial charge in [0.15, 0.2) is 17.7 Å².